The quantitative estimate of drug-likeness (QED) is 0.407. The molecule has 1 aromatic heterocycles. The van der Waals surface area contributed by atoms with Gasteiger partial charge < -0.3 is 30.1 Å². The summed E-state index contributed by atoms with van der Waals surface area (Å²) in [7, 11) is 0. The van der Waals surface area contributed by atoms with Gasteiger partial charge in [-0.3, -0.25) is 4.79 Å². The van der Waals surface area contributed by atoms with Gasteiger partial charge in [-0.25, -0.2) is 0 Å². The van der Waals surface area contributed by atoms with Crippen molar-refractivity contribution in [1.29, 1.82) is 0 Å². The second kappa shape index (κ2) is 6.76. The number of ether oxygens (including phenoxy) is 2. The first-order chi connectivity index (χ1) is 10.1. The zero-order valence-corrected chi connectivity index (χ0v) is 11.3. The van der Waals surface area contributed by atoms with E-state index in [1.807, 2.05) is 0 Å². The first-order valence-electron chi connectivity index (χ1n) is 6.38. The predicted octanol–water partition coefficient (Wildman–Crippen LogP) is -2.74. The van der Waals surface area contributed by atoms with Gasteiger partial charge in [-0.05, 0) is 17.4 Å². The Hall–Kier alpha value is -1.82. The Balaban J connectivity index is 2.05. The van der Waals surface area contributed by atoms with E-state index in [2.05, 4.69) is 20.8 Å². The molecule has 4 atom stereocenters. The van der Waals surface area contributed by atoms with Crippen LogP contribution in [0, 0.1) is 0 Å². The van der Waals surface area contributed by atoms with Crippen LogP contribution in [0.15, 0.2) is 0 Å². The molecule has 0 bridgehead atoms. The number of hydrogen-bond acceptors (Lipinski definition) is 10. The number of aliphatic hydroxyl groups excluding tert-OH is 3. The van der Waals surface area contributed by atoms with Crippen molar-refractivity contribution in [3.63, 3.8) is 0 Å². The number of nitrogens with zero attached hydrogens (tertiary/aromatic N) is 4. The van der Waals surface area contributed by atoms with Gasteiger partial charge in [-0.2, -0.15) is 4.68 Å². The summed E-state index contributed by atoms with van der Waals surface area (Å²) in [6.45, 7) is 1.31. The lowest BCUT2D eigenvalue weighted by Crippen LogP contribution is -2.33. The van der Waals surface area contributed by atoms with Gasteiger partial charge in [-0.15, -0.1) is 0 Å². The third-order valence-corrected chi connectivity index (χ3v) is 2.95. The highest BCUT2D eigenvalue weighted by atomic mass is 16.6. The van der Waals surface area contributed by atoms with Gasteiger partial charge in [0, 0.05) is 0 Å². The molecule has 0 amide bonds. The Morgan fingerprint density at radius 3 is 2.86 bits per heavy atom. The highest BCUT2D eigenvalue weighted by Gasteiger charge is 2.44. The zero-order valence-electron chi connectivity index (χ0n) is 11.3. The average molecular weight is 303 g/mol. The highest BCUT2D eigenvalue weighted by molar-refractivity contribution is 5.74. The number of rotatable bonds is 6. The van der Waals surface area contributed by atoms with Crippen LogP contribution in [0.25, 0.3) is 0 Å². The molecule has 2 heterocycles. The zero-order chi connectivity index (χ0) is 15.4. The topological polar surface area (TPSA) is 152 Å². The fourth-order valence-corrected chi connectivity index (χ4v) is 1.93. The maximum Gasteiger partial charge on any atom is 0.325 e. The molecule has 0 aromatic carbocycles. The fourth-order valence-electron chi connectivity index (χ4n) is 1.93. The van der Waals surface area contributed by atoms with Crippen molar-refractivity contribution < 1.29 is 29.6 Å². The van der Waals surface area contributed by atoms with E-state index in [1.165, 1.54) is 0 Å². The fraction of sp³-hybridized carbons (Fsp3) is 0.800. The van der Waals surface area contributed by atoms with E-state index >= 15 is 0 Å². The minimum absolute atomic E-state index is 0.0675. The summed E-state index contributed by atoms with van der Waals surface area (Å²) in [6, 6.07) is 0. The van der Waals surface area contributed by atoms with Gasteiger partial charge in [-0.1, -0.05) is 5.10 Å². The summed E-state index contributed by atoms with van der Waals surface area (Å²) < 4.78 is 11.1. The molecule has 1 fully saturated rings. The molecule has 21 heavy (non-hydrogen) atoms. The molecule has 0 aliphatic carbocycles. The second-order valence-electron chi connectivity index (χ2n) is 4.33. The molecule has 118 valence electrons. The summed E-state index contributed by atoms with van der Waals surface area (Å²) in [5.41, 5.74) is 0. The number of aliphatic hydroxyl groups is 3. The van der Waals surface area contributed by atoms with E-state index in [4.69, 9.17) is 14.6 Å². The van der Waals surface area contributed by atoms with Crippen LogP contribution in [0.4, 0.5) is 5.95 Å². The van der Waals surface area contributed by atoms with Crippen molar-refractivity contribution in [3.8, 4) is 0 Å². The molecular formula is C10H17N5O6. The third kappa shape index (κ3) is 3.26. The summed E-state index contributed by atoms with van der Waals surface area (Å²) in [6.07, 6.45) is -4.58. The lowest BCUT2D eigenvalue weighted by molar-refractivity contribution is -0.140. The molecule has 1 aliphatic heterocycles. The summed E-state index contributed by atoms with van der Waals surface area (Å²) in [5.74, 6) is -0.425. The molecule has 11 heteroatoms. The number of hydrogen-bond donors (Lipinski definition) is 4. The smallest absolute Gasteiger partial charge is 0.325 e. The maximum absolute atomic E-state index is 11.3. The molecular weight excluding hydrogens is 286 g/mol. The van der Waals surface area contributed by atoms with Gasteiger partial charge in [0.25, 0.3) is 0 Å². The molecule has 2 rings (SSSR count). The minimum Gasteiger partial charge on any atom is -0.465 e. The molecule has 1 aromatic rings. The van der Waals surface area contributed by atoms with E-state index < -0.39 is 37.1 Å². The van der Waals surface area contributed by atoms with Gasteiger partial charge in [0.2, 0.25) is 5.95 Å². The van der Waals surface area contributed by atoms with Crippen molar-refractivity contribution >= 4 is 11.9 Å². The van der Waals surface area contributed by atoms with Crippen molar-refractivity contribution in [2.24, 2.45) is 0 Å². The van der Waals surface area contributed by atoms with Crippen LogP contribution in [0.2, 0.25) is 0 Å². The van der Waals surface area contributed by atoms with Crippen molar-refractivity contribution in [2.75, 3.05) is 25.1 Å². The first kappa shape index (κ1) is 15.6. The molecule has 4 N–H and O–H groups in total. The van der Waals surface area contributed by atoms with E-state index in [9.17, 15) is 15.0 Å². The number of carbonyl (C=O) groups is 1. The largest absolute Gasteiger partial charge is 0.465 e. The average Bonchev–Trinajstić information content (AvgIpc) is 3.03. The van der Waals surface area contributed by atoms with Crippen LogP contribution in [-0.4, -0.2) is 79.6 Å². The van der Waals surface area contributed by atoms with Gasteiger partial charge >= 0.3 is 5.97 Å². The Morgan fingerprint density at radius 2 is 2.24 bits per heavy atom. The molecule has 0 unspecified atom stereocenters. The van der Waals surface area contributed by atoms with Gasteiger partial charge in [0.1, 0.15) is 24.9 Å². The molecule has 0 radical (unpaired) electrons. The van der Waals surface area contributed by atoms with Crippen LogP contribution in [-0.2, 0) is 14.3 Å². The predicted molar refractivity (Wildman–Crippen MR) is 65.9 cm³/mol. The standard InChI is InChI=1S/C10H17N5O6/c1-2-20-6(17)3-11-10-12-13-14-15(10)9-8(19)7(18)5(4-16)21-9/h5,7-9,16,18-19H,2-4H2,1H3,(H,11,12,14)/t5-,7-,8-,9-/m1/s1. The number of carbonyl (C=O) groups excluding carboxylic acids is 1. The Kier molecular flexibility index (Phi) is 5.01. The first-order valence-corrected chi connectivity index (χ1v) is 6.38. The van der Waals surface area contributed by atoms with Crippen molar-refractivity contribution in [1.82, 2.24) is 20.2 Å². The lowest BCUT2D eigenvalue weighted by Gasteiger charge is -2.16. The number of anilines is 1. The lowest BCUT2D eigenvalue weighted by atomic mass is 10.1. The van der Waals surface area contributed by atoms with Crippen LogP contribution in [0.1, 0.15) is 13.2 Å². The minimum atomic E-state index is -1.31. The monoisotopic (exact) mass is 303 g/mol. The number of tetrazole rings is 1. The third-order valence-electron chi connectivity index (χ3n) is 2.95. The molecule has 0 spiro atoms. The van der Waals surface area contributed by atoms with E-state index in [0.717, 1.165) is 4.68 Å². The maximum atomic E-state index is 11.3. The SMILES string of the molecule is CCOC(=O)CNc1nnnn1[C@@H]1O[C@H](CO)[C@@H](O)[C@H]1O. The number of esters is 1. The van der Waals surface area contributed by atoms with Crippen LogP contribution >= 0.6 is 0 Å². The van der Waals surface area contributed by atoms with Gasteiger partial charge in [0.05, 0.1) is 13.2 Å². The Bertz CT molecular complexity index is 482. The number of nitrogens with one attached hydrogen (secondary N) is 1. The van der Waals surface area contributed by atoms with Gasteiger partial charge in [0.15, 0.2) is 6.23 Å². The van der Waals surface area contributed by atoms with Crippen LogP contribution in [0.3, 0.4) is 0 Å². The van der Waals surface area contributed by atoms with E-state index in [1.54, 1.807) is 6.92 Å². The summed E-state index contributed by atoms with van der Waals surface area (Å²) >= 11 is 0. The Morgan fingerprint density at radius 1 is 1.48 bits per heavy atom. The van der Waals surface area contributed by atoms with Crippen LogP contribution in [0.5, 0.6) is 0 Å². The summed E-state index contributed by atoms with van der Waals surface area (Å²) in [5, 5.41) is 42.0. The van der Waals surface area contributed by atoms with Crippen molar-refractivity contribution in [3.05, 3.63) is 0 Å². The second-order valence-corrected chi connectivity index (χ2v) is 4.33. The highest BCUT2D eigenvalue weighted by Crippen LogP contribution is 2.29. The van der Waals surface area contributed by atoms with Crippen LogP contribution < -0.4 is 5.32 Å². The van der Waals surface area contributed by atoms with Crippen molar-refractivity contribution in [2.45, 2.75) is 31.5 Å². The molecule has 0 saturated carbocycles. The van der Waals surface area contributed by atoms with E-state index in [-0.39, 0.29) is 19.1 Å². The normalized spacial score (nSPS) is 28.6. The molecule has 1 aliphatic rings. The summed E-state index contributed by atoms with van der Waals surface area (Å²) in [4.78, 5) is 11.3. The Labute approximate surface area is 119 Å². The number of aromatic nitrogens is 4. The van der Waals surface area contributed by atoms with E-state index in [0.29, 0.717) is 0 Å². The molecule has 1 saturated heterocycles. The molecule has 11 nitrogen and oxygen atoms in total.